The largest absolute Gasteiger partial charge is 0.353 e. The highest BCUT2D eigenvalue weighted by Gasteiger charge is 2.32. The maximum atomic E-state index is 12.9. The summed E-state index contributed by atoms with van der Waals surface area (Å²) in [7, 11) is -3.65. The first-order chi connectivity index (χ1) is 13.9. The lowest BCUT2D eigenvalue weighted by Gasteiger charge is -2.32. The quantitative estimate of drug-likeness (QED) is 0.739. The van der Waals surface area contributed by atoms with Gasteiger partial charge in [-0.15, -0.1) is 0 Å². The fourth-order valence-corrected chi connectivity index (χ4v) is 5.82. The van der Waals surface area contributed by atoms with E-state index in [0.29, 0.717) is 31.5 Å². The smallest absolute Gasteiger partial charge is 0.243 e. The molecule has 0 radical (unpaired) electrons. The number of nitrogens with one attached hydrogen (secondary N) is 1. The highest BCUT2D eigenvalue weighted by atomic mass is 32.2. The molecule has 160 valence electrons. The fraction of sp³-hybridized carbons (Fsp3) is 0.636. The Labute approximate surface area is 174 Å². The monoisotopic (exact) mass is 420 g/mol. The second-order valence-electron chi connectivity index (χ2n) is 8.31. The highest BCUT2D eigenvalue weighted by Crippen LogP contribution is 2.25. The summed E-state index contributed by atoms with van der Waals surface area (Å²) in [6.07, 6.45) is 9.27. The van der Waals surface area contributed by atoms with Crippen LogP contribution in [0.3, 0.4) is 0 Å². The number of Topliss-reactive ketones (excluding diaryl/α,β-unsaturated/α-hetero) is 1. The molecule has 0 bridgehead atoms. The number of benzene rings is 1. The molecule has 1 amide bonds. The van der Waals surface area contributed by atoms with Crippen molar-refractivity contribution in [1.29, 1.82) is 0 Å². The highest BCUT2D eigenvalue weighted by molar-refractivity contribution is 7.89. The van der Waals surface area contributed by atoms with Gasteiger partial charge in [-0.2, -0.15) is 4.31 Å². The standard InChI is InChI=1S/C22H32N2O4S/c1-17(25)19-8-7-11-21(16-19)29(27,28)24-14-12-18(13-15-24)22(26)23-20-9-5-3-2-4-6-10-20/h7-8,11,16,18,20H,2-6,9-10,12-15H2,1H3,(H,23,26). The van der Waals surface area contributed by atoms with Gasteiger partial charge in [0.2, 0.25) is 15.9 Å². The Balaban J connectivity index is 1.57. The molecule has 1 aliphatic carbocycles. The molecule has 6 nitrogen and oxygen atoms in total. The number of rotatable bonds is 5. The van der Waals surface area contributed by atoms with Crippen LogP contribution in [0.15, 0.2) is 29.2 Å². The van der Waals surface area contributed by atoms with Gasteiger partial charge in [-0.1, -0.05) is 44.2 Å². The van der Waals surface area contributed by atoms with Crippen molar-refractivity contribution in [3.8, 4) is 0 Å². The van der Waals surface area contributed by atoms with Crippen molar-refractivity contribution in [2.45, 2.75) is 75.6 Å². The van der Waals surface area contributed by atoms with Crippen LogP contribution in [0.2, 0.25) is 0 Å². The molecule has 0 unspecified atom stereocenters. The van der Waals surface area contributed by atoms with Crippen LogP contribution in [0.4, 0.5) is 0 Å². The molecule has 1 saturated heterocycles. The molecule has 1 heterocycles. The molecule has 2 aliphatic rings. The van der Waals surface area contributed by atoms with Gasteiger partial charge in [-0.05, 0) is 44.7 Å². The van der Waals surface area contributed by atoms with Crippen molar-refractivity contribution < 1.29 is 18.0 Å². The minimum Gasteiger partial charge on any atom is -0.353 e. The van der Waals surface area contributed by atoms with Gasteiger partial charge >= 0.3 is 0 Å². The van der Waals surface area contributed by atoms with Crippen molar-refractivity contribution in [2.24, 2.45) is 5.92 Å². The number of hydrogen-bond acceptors (Lipinski definition) is 4. The van der Waals surface area contributed by atoms with Crippen molar-refractivity contribution in [3.63, 3.8) is 0 Å². The Morgan fingerprint density at radius 1 is 0.966 bits per heavy atom. The number of nitrogens with zero attached hydrogens (tertiary/aromatic N) is 1. The molecular weight excluding hydrogens is 388 g/mol. The number of ketones is 1. The van der Waals surface area contributed by atoms with Gasteiger partial charge in [0.05, 0.1) is 4.90 Å². The van der Waals surface area contributed by atoms with Crippen LogP contribution < -0.4 is 5.32 Å². The number of sulfonamides is 1. The summed E-state index contributed by atoms with van der Waals surface area (Å²) in [5, 5.41) is 3.22. The number of carbonyl (C=O) groups excluding carboxylic acids is 2. The van der Waals surface area contributed by atoms with Gasteiger partial charge in [-0.3, -0.25) is 9.59 Å². The van der Waals surface area contributed by atoms with Crippen molar-refractivity contribution in [2.75, 3.05) is 13.1 Å². The molecule has 0 atom stereocenters. The topological polar surface area (TPSA) is 83.6 Å². The lowest BCUT2D eigenvalue weighted by Crippen LogP contribution is -2.45. The van der Waals surface area contributed by atoms with Crippen LogP contribution in [0.1, 0.15) is 75.1 Å². The van der Waals surface area contributed by atoms with Gasteiger partial charge in [0, 0.05) is 30.6 Å². The summed E-state index contributed by atoms with van der Waals surface area (Å²) < 4.78 is 27.3. The molecule has 3 rings (SSSR count). The third kappa shape index (κ3) is 5.66. The minimum atomic E-state index is -3.65. The Hall–Kier alpha value is -1.73. The van der Waals surface area contributed by atoms with Crippen LogP contribution >= 0.6 is 0 Å². The second kappa shape index (κ2) is 9.85. The van der Waals surface area contributed by atoms with Crippen LogP contribution in [0.25, 0.3) is 0 Å². The Morgan fingerprint density at radius 2 is 1.59 bits per heavy atom. The van der Waals surface area contributed by atoms with E-state index < -0.39 is 10.0 Å². The van der Waals surface area contributed by atoms with Crippen molar-refractivity contribution in [1.82, 2.24) is 9.62 Å². The van der Waals surface area contributed by atoms with Gasteiger partial charge < -0.3 is 5.32 Å². The molecular formula is C22H32N2O4S. The summed E-state index contributed by atoms with van der Waals surface area (Å²) in [5.41, 5.74) is 0.388. The first-order valence-corrected chi connectivity index (χ1v) is 12.2. The van der Waals surface area contributed by atoms with E-state index in [-0.39, 0.29) is 28.5 Å². The maximum absolute atomic E-state index is 12.9. The van der Waals surface area contributed by atoms with Crippen molar-refractivity contribution in [3.05, 3.63) is 29.8 Å². The number of piperidine rings is 1. The molecule has 29 heavy (non-hydrogen) atoms. The van der Waals surface area contributed by atoms with E-state index in [1.165, 1.54) is 55.5 Å². The third-order valence-corrected chi connectivity index (χ3v) is 8.05. The second-order valence-corrected chi connectivity index (χ2v) is 10.3. The molecule has 2 fully saturated rings. The first kappa shape index (κ1) is 22.0. The molecule has 1 aliphatic heterocycles. The van der Waals surface area contributed by atoms with E-state index >= 15 is 0 Å². The summed E-state index contributed by atoms with van der Waals surface area (Å²) in [6, 6.07) is 6.44. The minimum absolute atomic E-state index is 0.0752. The lowest BCUT2D eigenvalue weighted by atomic mass is 9.94. The maximum Gasteiger partial charge on any atom is 0.243 e. The Morgan fingerprint density at radius 3 is 2.21 bits per heavy atom. The van der Waals surface area contributed by atoms with E-state index in [0.717, 1.165) is 12.8 Å². The molecule has 7 heteroatoms. The first-order valence-electron chi connectivity index (χ1n) is 10.8. The Kier molecular flexibility index (Phi) is 7.46. The van der Waals surface area contributed by atoms with E-state index in [1.807, 2.05) is 0 Å². The number of amides is 1. The predicted octanol–water partition coefficient (Wildman–Crippen LogP) is 3.52. The predicted molar refractivity (Wildman–Crippen MR) is 112 cm³/mol. The average molecular weight is 421 g/mol. The van der Waals surface area contributed by atoms with E-state index in [4.69, 9.17) is 0 Å². The van der Waals surface area contributed by atoms with Gasteiger partial charge in [0.15, 0.2) is 5.78 Å². The van der Waals surface area contributed by atoms with Crippen LogP contribution in [-0.4, -0.2) is 43.5 Å². The fourth-order valence-electron chi connectivity index (χ4n) is 4.30. The van der Waals surface area contributed by atoms with Gasteiger partial charge in [0.25, 0.3) is 0 Å². The third-order valence-electron chi connectivity index (χ3n) is 6.15. The zero-order chi connectivity index (χ0) is 20.9. The van der Waals surface area contributed by atoms with Gasteiger partial charge in [-0.25, -0.2) is 8.42 Å². The van der Waals surface area contributed by atoms with Crippen LogP contribution in [0, 0.1) is 5.92 Å². The average Bonchev–Trinajstić information content (AvgIpc) is 2.70. The lowest BCUT2D eigenvalue weighted by molar-refractivity contribution is -0.127. The zero-order valence-electron chi connectivity index (χ0n) is 17.2. The number of hydrogen-bond donors (Lipinski definition) is 1. The van der Waals surface area contributed by atoms with E-state index in [1.54, 1.807) is 12.1 Å². The zero-order valence-corrected chi connectivity index (χ0v) is 18.0. The molecule has 1 aromatic rings. The van der Waals surface area contributed by atoms with Gasteiger partial charge in [0.1, 0.15) is 0 Å². The molecule has 0 spiro atoms. The van der Waals surface area contributed by atoms with Crippen LogP contribution in [-0.2, 0) is 14.8 Å². The molecule has 1 aromatic carbocycles. The summed E-state index contributed by atoms with van der Waals surface area (Å²) in [4.78, 5) is 24.4. The summed E-state index contributed by atoms with van der Waals surface area (Å²) in [5.74, 6) is -0.215. The molecule has 1 N–H and O–H groups in total. The molecule has 0 aromatic heterocycles. The molecule has 1 saturated carbocycles. The van der Waals surface area contributed by atoms with E-state index in [9.17, 15) is 18.0 Å². The Bertz CT molecular complexity index is 821. The van der Waals surface area contributed by atoms with Crippen LogP contribution in [0.5, 0.6) is 0 Å². The van der Waals surface area contributed by atoms with E-state index in [2.05, 4.69) is 5.32 Å². The number of carbonyl (C=O) groups is 2. The summed E-state index contributed by atoms with van der Waals surface area (Å²) in [6.45, 7) is 2.08. The SMILES string of the molecule is CC(=O)c1cccc(S(=O)(=O)N2CCC(C(=O)NC3CCCCCCC3)CC2)c1. The summed E-state index contributed by atoms with van der Waals surface area (Å²) >= 11 is 0. The van der Waals surface area contributed by atoms with Crippen molar-refractivity contribution >= 4 is 21.7 Å². The normalized spacial score (nSPS) is 20.6.